The summed E-state index contributed by atoms with van der Waals surface area (Å²) in [4.78, 5) is 10.6. The van der Waals surface area contributed by atoms with Crippen molar-refractivity contribution in [2.45, 2.75) is 33.2 Å². The maximum Gasteiger partial charge on any atom is 0.126 e. The molecule has 1 atom stereocenters. The topological polar surface area (TPSA) is 57.8 Å². The number of aliphatic imine (C=N–C) groups is 2. The van der Waals surface area contributed by atoms with Gasteiger partial charge in [-0.2, -0.15) is 5.10 Å². The third-order valence-electron chi connectivity index (χ3n) is 5.54. The lowest BCUT2D eigenvalue weighted by atomic mass is 9.98. The number of nitrogens with zero attached hydrogens (tertiary/aromatic N) is 5. The fourth-order valence-electron chi connectivity index (χ4n) is 3.78. The van der Waals surface area contributed by atoms with Crippen LogP contribution in [0.25, 0.3) is 0 Å². The Morgan fingerprint density at radius 2 is 2.12 bits per heavy atom. The summed E-state index contributed by atoms with van der Waals surface area (Å²) >= 11 is 0. The molecule has 6 nitrogen and oxygen atoms in total. The first kappa shape index (κ1) is 23.9. The summed E-state index contributed by atoms with van der Waals surface area (Å²) in [5, 5.41) is 7.62. The van der Waals surface area contributed by atoms with Crippen LogP contribution in [-0.2, 0) is 7.05 Å². The minimum absolute atomic E-state index is 0.0114. The van der Waals surface area contributed by atoms with Crippen molar-refractivity contribution >= 4 is 18.1 Å². The van der Waals surface area contributed by atoms with Gasteiger partial charge in [0.1, 0.15) is 12.5 Å². The van der Waals surface area contributed by atoms with E-state index in [9.17, 15) is 4.39 Å². The molecule has 1 unspecified atom stereocenters. The zero-order valence-corrected chi connectivity index (χ0v) is 19.7. The molecular weight excluding hydrogens is 415 g/mol. The van der Waals surface area contributed by atoms with Crippen LogP contribution in [0.3, 0.4) is 0 Å². The Labute approximate surface area is 195 Å². The molecule has 2 heterocycles. The summed E-state index contributed by atoms with van der Waals surface area (Å²) in [7, 11) is 1.88. The third kappa shape index (κ3) is 5.74. The minimum Gasteiger partial charge on any atom is -0.363 e. The molecule has 0 spiro atoms. The first-order valence-electron chi connectivity index (χ1n) is 10.9. The largest absolute Gasteiger partial charge is 0.363 e. The van der Waals surface area contributed by atoms with Crippen molar-refractivity contribution in [3.63, 3.8) is 0 Å². The highest BCUT2D eigenvalue weighted by Gasteiger charge is 2.21. The lowest BCUT2D eigenvalue weighted by molar-refractivity contribution is 0.343. The molecule has 1 aliphatic heterocycles. The van der Waals surface area contributed by atoms with Gasteiger partial charge in [-0.05, 0) is 62.4 Å². The molecular formula is C26H31FN6. The van der Waals surface area contributed by atoms with E-state index in [0.717, 1.165) is 40.3 Å². The molecule has 2 aromatic rings. The summed E-state index contributed by atoms with van der Waals surface area (Å²) < 4.78 is 15.9. The van der Waals surface area contributed by atoms with Gasteiger partial charge >= 0.3 is 0 Å². The number of rotatable bonds is 9. The minimum atomic E-state index is -0.193. The molecule has 3 rings (SSSR count). The Kier molecular flexibility index (Phi) is 7.77. The Morgan fingerprint density at radius 3 is 2.73 bits per heavy atom. The molecule has 0 saturated carbocycles. The maximum atomic E-state index is 14.2. The number of allylic oxidation sites excluding steroid dienone is 4. The predicted octanol–water partition coefficient (Wildman–Crippen LogP) is 5.62. The van der Waals surface area contributed by atoms with Gasteiger partial charge in [0.25, 0.3) is 0 Å². The van der Waals surface area contributed by atoms with Crippen molar-refractivity contribution in [3.05, 3.63) is 95.5 Å². The number of hydrogen-bond acceptors (Lipinski definition) is 5. The van der Waals surface area contributed by atoms with E-state index >= 15 is 0 Å². The summed E-state index contributed by atoms with van der Waals surface area (Å²) in [6, 6.07) is 5.40. The quantitative estimate of drug-likeness (QED) is 0.509. The van der Waals surface area contributed by atoms with Gasteiger partial charge in [-0.25, -0.2) is 4.39 Å². The summed E-state index contributed by atoms with van der Waals surface area (Å²) in [6.07, 6.45) is 12.1. The number of nitrogens with one attached hydrogen (secondary N) is 1. The van der Waals surface area contributed by atoms with Gasteiger partial charge < -0.3 is 10.2 Å². The second-order valence-electron chi connectivity index (χ2n) is 7.93. The fraction of sp³-hybridized carbons (Fsp3) is 0.269. The van der Waals surface area contributed by atoms with Crippen molar-refractivity contribution in [2.24, 2.45) is 17.0 Å². The van der Waals surface area contributed by atoms with E-state index in [1.54, 1.807) is 23.9 Å². The summed E-state index contributed by atoms with van der Waals surface area (Å²) in [5.41, 5.74) is 5.88. The molecule has 0 bridgehead atoms. The van der Waals surface area contributed by atoms with E-state index in [4.69, 9.17) is 4.99 Å². The van der Waals surface area contributed by atoms with Crippen molar-refractivity contribution in [3.8, 4) is 0 Å². The Morgan fingerprint density at radius 1 is 1.33 bits per heavy atom. The summed E-state index contributed by atoms with van der Waals surface area (Å²) in [6.45, 7) is 13.9. The van der Waals surface area contributed by atoms with Gasteiger partial charge in [-0.3, -0.25) is 14.7 Å². The van der Waals surface area contributed by atoms with Crippen LogP contribution in [-0.4, -0.2) is 33.8 Å². The molecule has 7 heteroatoms. The van der Waals surface area contributed by atoms with Gasteiger partial charge in [0.05, 0.1) is 23.1 Å². The lowest BCUT2D eigenvalue weighted by Crippen LogP contribution is -2.24. The molecule has 1 aliphatic rings. The van der Waals surface area contributed by atoms with E-state index in [-0.39, 0.29) is 11.9 Å². The van der Waals surface area contributed by atoms with Crippen LogP contribution in [0.1, 0.15) is 36.2 Å². The highest BCUT2D eigenvalue weighted by Crippen LogP contribution is 2.32. The van der Waals surface area contributed by atoms with E-state index in [0.29, 0.717) is 12.2 Å². The van der Waals surface area contributed by atoms with Crippen molar-refractivity contribution < 1.29 is 4.39 Å². The van der Waals surface area contributed by atoms with Gasteiger partial charge in [0.2, 0.25) is 0 Å². The molecule has 172 valence electrons. The molecule has 0 fully saturated rings. The Balaban J connectivity index is 1.80. The SMILES string of the molecule is C=N/C=C\C(=N/CNc1cn(C)nc1C)C1=CC(=C)N(C(CC)c2ccc(C)c(F)c2)C=C1. The number of anilines is 1. The number of hydrogen-bond donors (Lipinski definition) is 1. The monoisotopic (exact) mass is 446 g/mol. The normalized spacial score (nSPS) is 15.2. The highest BCUT2D eigenvalue weighted by molar-refractivity contribution is 6.10. The van der Waals surface area contributed by atoms with Gasteiger partial charge in [-0.15, -0.1) is 0 Å². The highest BCUT2D eigenvalue weighted by atomic mass is 19.1. The van der Waals surface area contributed by atoms with Crippen molar-refractivity contribution in [2.75, 3.05) is 12.0 Å². The Bertz CT molecular complexity index is 1150. The average molecular weight is 447 g/mol. The van der Waals surface area contributed by atoms with Crippen LogP contribution >= 0.6 is 0 Å². The third-order valence-corrected chi connectivity index (χ3v) is 5.54. The van der Waals surface area contributed by atoms with E-state index in [1.807, 2.05) is 56.7 Å². The summed E-state index contributed by atoms with van der Waals surface area (Å²) in [5.74, 6) is -0.193. The average Bonchev–Trinajstić information content (AvgIpc) is 3.11. The molecule has 0 saturated heterocycles. The molecule has 0 amide bonds. The van der Waals surface area contributed by atoms with E-state index in [2.05, 4.69) is 40.5 Å². The second kappa shape index (κ2) is 10.7. The van der Waals surface area contributed by atoms with E-state index < -0.39 is 0 Å². The van der Waals surface area contributed by atoms with Crippen molar-refractivity contribution in [1.82, 2.24) is 14.7 Å². The van der Waals surface area contributed by atoms with Gasteiger partial charge in [0.15, 0.2) is 0 Å². The van der Waals surface area contributed by atoms with Crippen LogP contribution in [0, 0.1) is 19.7 Å². The number of aromatic nitrogens is 2. The molecule has 0 aliphatic carbocycles. The second-order valence-corrected chi connectivity index (χ2v) is 7.93. The van der Waals surface area contributed by atoms with Gasteiger partial charge in [0, 0.05) is 36.9 Å². The number of aryl methyl sites for hydroxylation is 3. The smallest absolute Gasteiger partial charge is 0.126 e. The van der Waals surface area contributed by atoms with Crippen LogP contribution in [0.15, 0.2) is 82.9 Å². The number of halogens is 1. The first-order chi connectivity index (χ1) is 15.8. The van der Waals surface area contributed by atoms with Crippen LogP contribution in [0.5, 0.6) is 0 Å². The maximum absolute atomic E-state index is 14.2. The molecule has 0 radical (unpaired) electrons. The fourth-order valence-corrected chi connectivity index (χ4v) is 3.78. The molecule has 1 aromatic carbocycles. The van der Waals surface area contributed by atoms with Crippen LogP contribution in [0.4, 0.5) is 10.1 Å². The molecule has 1 aromatic heterocycles. The predicted molar refractivity (Wildman–Crippen MR) is 135 cm³/mol. The molecule has 1 N–H and O–H groups in total. The van der Waals surface area contributed by atoms with Gasteiger partial charge in [-0.1, -0.05) is 25.6 Å². The zero-order valence-electron chi connectivity index (χ0n) is 19.7. The molecule has 33 heavy (non-hydrogen) atoms. The van der Waals surface area contributed by atoms with Crippen molar-refractivity contribution in [1.29, 1.82) is 0 Å². The Hall–Kier alpha value is -3.74. The standard InChI is InChI=1S/C26H31FN6/c1-7-26(22-9-8-18(2)23(27)15-22)33-13-11-21(14-19(33)3)24(10-12-28-5)29-17-30-25-16-32(6)31-20(25)4/h8-16,26,30H,3,5,7,17H2,1-2,4,6H3/b12-10-,29-24+. The van der Waals surface area contributed by atoms with Crippen LogP contribution in [0.2, 0.25) is 0 Å². The zero-order chi connectivity index (χ0) is 24.0. The van der Waals surface area contributed by atoms with E-state index in [1.165, 1.54) is 0 Å². The first-order valence-corrected chi connectivity index (χ1v) is 10.9. The van der Waals surface area contributed by atoms with Crippen LogP contribution < -0.4 is 5.32 Å². The lowest BCUT2D eigenvalue weighted by Gasteiger charge is -2.33. The number of benzene rings is 1.